The van der Waals surface area contributed by atoms with Gasteiger partial charge in [0, 0.05) is 6.61 Å². The van der Waals surface area contributed by atoms with Crippen LogP contribution in [0.15, 0.2) is 12.1 Å². The Kier molecular flexibility index (Phi) is 3.83. The second kappa shape index (κ2) is 5.35. The Morgan fingerprint density at radius 1 is 1.25 bits per heavy atom. The van der Waals surface area contributed by atoms with Crippen molar-refractivity contribution in [1.29, 1.82) is 0 Å². The number of rotatable bonds is 4. The summed E-state index contributed by atoms with van der Waals surface area (Å²) < 4.78 is 5.43. The zero-order chi connectivity index (χ0) is 11.4. The molecule has 0 bridgehead atoms. The van der Waals surface area contributed by atoms with Crippen molar-refractivity contribution in [1.82, 2.24) is 0 Å². The molecule has 0 fully saturated rings. The van der Waals surface area contributed by atoms with Crippen molar-refractivity contribution >= 4 is 0 Å². The largest absolute Gasteiger partial charge is 0.496 e. The first kappa shape index (κ1) is 11.5. The summed E-state index contributed by atoms with van der Waals surface area (Å²) in [4.78, 5) is 0. The summed E-state index contributed by atoms with van der Waals surface area (Å²) >= 11 is 0. The molecule has 88 valence electrons. The molecule has 1 N–H and O–H groups in total. The highest BCUT2D eigenvalue weighted by Crippen LogP contribution is 2.31. The first-order chi connectivity index (χ1) is 7.86. The molecule has 2 nitrogen and oxygen atoms in total. The van der Waals surface area contributed by atoms with E-state index in [1.54, 1.807) is 7.11 Å². The fraction of sp³-hybridized carbons (Fsp3) is 0.571. The third kappa shape index (κ3) is 2.22. The van der Waals surface area contributed by atoms with Crippen molar-refractivity contribution in [3.05, 3.63) is 28.8 Å². The van der Waals surface area contributed by atoms with Crippen LogP contribution in [0.1, 0.15) is 36.0 Å². The number of hydrogen-bond donors (Lipinski definition) is 1. The Morgan fingerprint density at radius 3 is 2.81 bits per heavy atom. The van der Waals surface area contributed by atoms with Crippen LogP contribution in [0.25, 0.3) is 0 Å². The molecule has 0 saturated heterocycles. The van der Waals surface area contributed by atoms with E-state index in [4.69, 9.17) is 9.84 Å². The molecule has 0 atom stereocenters. The normalized spacial score (nSPS) is 14.6. The fourth-order valence-corrected chi connectivity index (χ4v) is 2.60. The van der Waals surface area contributed by atoms with E-state index in [0.29, 0.717) is 0 Å². The summed E-state index contributed by atoms with van der Waals surface area (Å²) in [6, 6.07) is 4.28. The number of aliphatic hydroxyl groups is 1. The summed E-state index contributed by atoms with van der Waals surface area (Å²) in [7, 11) is 1.73. The molecular formula is C14H20O2. The van der Waals surface area contributed by atoms with Gasteiger partial charge in [0.05, 0.1) is 7.11 Å². The smallest absolute Gasteiger partial charge is 0.122 e. The lowest BCUT2D eigenvalue weighted by molar-refractivity contribution is 0.287. The standard InChI is InChI=1S/C14H20O2/c1-16-14-9-8-11-5-2-3-6-12(11)13(14)7-4-10-15/h8-9,15H,2-7,10H2,1H3. The van der Waals surface area contributed by atoms with Crippen LogP contribution in [0.3, 0.4) is 0 Å². The van der Waals surface area contributed by atoms with E-state index in [2.05, 4.69) is 12.1 Å². The fourth-order valence-electron chi connectivity index (χ4n) is 2.60. The molecule has 0 radical (unpaired) electrons. The van der Waals surface area contributed by atoms with Gasteiger partial charge in [0.25, 0.3) is 0 Å². The molecule has 2 heteroatoms. The minimum absolute atomic E-state index is 0.257. The zero-order valence-corrected chi connectivity index (χ0v) is 9.96. The molecule has 0 amide bonds. The summed E-state index contributed by atoms with van der Waals surface area (Å²) in [5.41, 5.74) is 4.30. The molecule has 16 heavy (non-hydrogen) atoms. The average Bonchev–Trinajstić information content (AvgIpc) is 2.35. The minimum Gasteiger partial charge on any atom is -0.496 e. The molecule has 1 aliphatic rings. The van der Waals surface area contributed by atoms with Crippen LogP contribution in [-0.4, -0.2) is 18.8 Å². The van der Waals surface area contributed by atoms with E-state index < -0.39 is 0 Å². The van der Waals surface area contributed by atoms with Gasteiger partial charge in [-0.3, -0.25) is 0 Å². The summed E-state index contributed by atoms with van der Waals surface area (Å²) in [5, 5.41) is 8.95. The lowest BCUT2D eigenvalue weighted by Crippen LogP contribution is -2.08. The van der Waals surface area contributed by atoms with E-state index in [1.807, 2.05) is 0 Å². The number of aliphatic hydroxyl groups excluding tert-OH is 1. The van der Waals surface area contributed by atoms with Gasteiger partial charge in [0.2, 0.25) is 0 Å². The molecule has 0 heterocycles. The monoisotopic (exact) mass is 220 g/mol. The van der Waals surface area contributed by atoms with Gasteiger partial charge in [0.15, 0.2) is 0 Å². The van der Waals surface area contributed by atoms with E-state index in [9.17, 15) is 0 Å². The average molecular weight is 220 g/mol. The number of ether oxygens (including phenoxy) is 1. The van der Waals surface area contributed by atoms with Crippen molar-refractivity contribution < 1.29 is 9.84 Å². The van der Waals surface area contributed by atoms with E-state index in [1.165, 1.54) is 42.4 Å². The van der Waals surface area contributed by atoms with Gasteiger partial charge in [-0.2, -0.15) is 0 Å². The van der Waals surface area contributed by atoms with Crippen LogP contribution in [0, 0.1) is 0 Å². The van der Waals surface area contributed by atoms with Gasteiger partial charge in [0.1, 0.15) is 5.75 Å². The van der Waals surface area contributed by atoms with Crippen molar-refractivity contribution in [2.24, 2.45) is 0 Å². The highest BCUT2D eigenvalue weighted by molar-refractivity contribution is 5.46. The Morgan fingerprint density at radius 2 is 2.06 bits per heavy atom. The van der Waals surface area contributed by atoms with E-state index in [-0.39, 0.29) is 6.61 Å². The molecule has 1 aromatic carbocycles. The van der Waals surface area contributed by atoms with Gasteiger partial charge in [-0.15, -0.1) is 0 Å². The molecule has 0 spiro atoms. The molecule has 0 aromatic heterocycles. The first-order valence-electron chi connectivity index (χ1n) is 6.15. The third-order valence-corrected chi connectivity index (χ3v) is 3.41. The van der Waals surface area contributed by atoms with Crippen molar-refractivity contribution in [2.75, 3.05) is 13.7 Å². The maximum absolute atomic E-state index is 8.95. The topological polar surface area (TPSA) is 29.5 Å². The van der Waals surface area contributed by atoms with Gasteiger partial charge in [-0.05, 0) is 61.3 Å². The van der Waals surface area contributed by atoms with Crippen LogP contribution in [0.5, 0.6) is 5.75 Å². The summed E-state index contributed by atoms with van der Waals surface area (Å²) in [6.07, 6.45) is 6.72. The molecule has 2 rings (SSSR count). The Hall–Kier alpha value is -1.02. The summed E-state index contributed by atoms with van der Waals surface area (Å²) in [5.74, 6) is 0.995. The van der Waals surface area contributed by atoms with Crippen LogP contribution in [0.4, 0.5) is 0 Å². The number of fused-ring (bicyclic) bond motifs is 1. The maximum atomic E-state index is 8.95. The van der Waals surface area contributed by atoms with Gasteiger partial charge in [-0.1, -0.05) is 6.07 Å². The minimum atomic E-state index is 0.257. The molecule has 0 unspecified atom stereocenters. The molecule has 1 aromatic rings. The number of benzene rings is 1. The molecular weight excluding hydrogens is 200 g/mol. The lowest BCUT2D eigenvalue weighted by atomic mass is 9.86. The molecule has 0 saturated carbocycles. The number of hydrogen-bond acceptors (Lipinski definition) is 2. The second-order valence-electron chi connectivity index (χ2n) is 4.42. The lowest BCUT2D eigenvalue weighted by Gasteiger charge is -2.21. The third-order valence-electron chi connectivity index (χ3n) is 3.41. The first-order valence-corrected chi connectivity index (χ1v) is 6.15. The second-order valence-corrected chi connectivity index (χ2v) is 4.42. The van der Waals surface area contributed by atoms with Crippen LogP contribution in [-0.2, 0) is 19.3 Å². The predicted octanol–water partition coefficient (Wildman–Crippen LogP) is 2.50. The number of methoxy groups -OCH3 is 1. The van der Waals surface area contributed by atoms with Crippen LogP contribution in [0.2, 0.25) is 0 Å². The van der Waals surface area contributed by atoms with Crippen molar-refractivity contribution in [3.8, 4) is 5.75 Å². The van der Waals surface area contributed by atoms with E-state index >= 15 is 0 Å². The zero-order valence-electron chi connectivity index (χ0n) is 9.96. The highest BCUT2D eigenvalue weighted by Gasteiger charge is 2.16. The van der Waals surface area contributed by atoms with Crippen molar-refractivity contribution in [3.63, 3.8) is 0 Å². The Bertz CT molecular complexity index is 358. The Labute approximate surface area is 97.3 Å². The van der Waals surface area contributed by atoms with E-state index in [0.717, 1.165) is 18.6 Å². The SMILES string of the molecule is COc1ccc2c(c1CCCO)CCCC2. The van der Waals surface area contributed by atoms with Crippen LogP contribution >= 0.6 is 0 Å². The van der Waals surface area contributed by atoms with Crippen LogP contribution < -0.4 is 4.74 Å². The van der Waals surface area contributed by atoms with Crippen molar-refractivity contribution in [2.45, 2.75) is 38.5 Å². The quantitative estimate of drug-likeness (QED) is 0.844. The maximum Gasteiger partial charge on any atom is 0.122 e. The Balaban J connectivity index is 2.35. The van der Waals surface area contributed by atoms with Gasteiger partial charge in [-0.25, -0.2) is 0 Å². The van der Waals surface area contributed by atoms with Gasteiger partial charge < -0.3 is 9.84 Å². The summed E-state index contributed by atoms with van der Waals surface area (Å²) in [6.45, 7) is 0.257. The molecule has 1 aliphatic carbocycles. The highest BCUT2D eigenvalue weighted by atomic mass is 16.5. The molecule has 0 aliphatic heterocycles. The number of aryl methyl sites for hydroxylation is 1. The van der Waals surface area contributed by atoms with Gasteiger partial charge >= 0.3 is 0 Å². The predicted molar refractivity (Wildman–Crippen MR) is 65.0 cm³/mol.